The molecule has 1 amide bonds. The molecule has 1 aromatic heterocycles. The highest BCUT2D eigenvalue weighted by atomic mass is 16.1. The quantitative estimate of drug-likeness (QED) is 0.734. The smallest absolute Gasteiger partial charge is 0.251 e. The van der Waals surface area contributed by atoms with Crippen molar-refractivity contribution >= 4 is 22.5 Å². The van der Waals surface area contributed by atoms with Crippen LogP contribution >= 0.6 is 0 Å². The van der Waals surface area contributed by atoms with Crippen molar-refractivity contribution in [3.8, 4) is 0 Å². The van der Waals surface area contributed by atoms with Crippen LogP contribution in [0.2, 0.25) is 0 Å². The number of aromatic nitrogens is 1. The van der Waals surface area contributed by atoms with Crippen LogP contribution in [0, 0.1) is 0 Å². The largest absolute Gasteiger partial charge is 0.326 e. The predicted octanol–water partition coefficient (Wildman–Crippen LogP) is 3.98. The van der Waals surface area contributed by atoms with E-state index in [1.165, 1.54) is 11.1 Å². The lowest BCUT2D eigenvalue weighted by molar-refractivity contribution is -0.116. The van der Waals surface area contributed by atoms with Crippen molar-refractivity contribution in [2.45, 2.75) is 38.5 Å². The molecule has 0 radical (unpaired) electrons. The summed E-state index contributed by atoms with van der Waals surface area (Å²) in [7, 11) is 0. The van der Waals surface area contributed by atoms with Crippen LogP contribution in [-0.2, 0) is 24.1 Å². The van der Waals surface area contributed by atoms with E-state index in [0.717, 1.165) is 54.3 Å². The van der Waals surface area contributed by atoms with Crippen molar-refractivity contribution in [2.24, 2.45) is 0 Å². The minimum absolute atomic E-state index is 0.00351. The maximum atomic E-state index is 12.2. The minimum Gasteiger partial charge on any atom is -0.326 e. The molecule has 2 N–H and O–H groups in total. The van der Waals surface area contributed by atoms with Gasteiger partial charge in [-0.05, 0) is 55.4 Å². The van der Waals surface area contributed by atoms with Crippen molar-refractivity contribution in [3.05, 3.63) is 75.6 Å². The molecule has 1 aliphatic carbocycles. The Hall–Kier alpha value is -2.88. The summed E-state index contributed by atoms with van der Waals surface area (Å²) in [6, 6.07) is 16.0. The zero-order chi connectivity index (χ0) is 17.9. The van der Waals surface area contributed by atoms with Crippen molar-refractivity contribution in [1.82, 2.24) is 4.98 Å². The third-order valence-corrected chi connectivity index (χ3v) is 5.08. The number of hydrogen-bond donors (Lipinski definition) is 2. The number of amides is 1. The molecule has 0 spiro atoms. The topological polar surface area (TPSA) is 62.0 Å². The van der Waals surface area contributed by atoms with Gasteiger partial charge >= 0.3 is 0 Å². The average Bonchev–Trinajstić information content (AvgIpc) is 3.13. The lowest BCUT2D eigenvalue weighted by Crippen LogP contribution is -2.14. The number of aryl methyl sites for hydroxylation is 2. The number of fused-ring (bicyclic) bond motifs is 3. The van der Waals surface area contributed by atoms with Gasteiger partial charge in [0.1, 0.15) is 0 Å². The summed E-state index contributed by atoms with van der Waals surface area (Å²) in [5.74, 6) is 0.00351. The number of anilines is 1. The van der Waals surface area contributed by atoms with E-state index < -0.39 is 0 Å². The molecule has 0 atom stereocenters. The molecule has 0 saturated heterocycles. The van der Waals surface area contributed by atoms with Gasteiger partial charge in [0.15, 0.2) is 0 Å². The van der Waals surface area contributed by atoms with Crippen LogP contribution in [-0.4, -0.2) is 10.9 Å². The Bertz CT molecular complexity index is 1010. The van der Waals surface area contributed by atoms with Gasteiger partial charge in [-0.3, -0.25) is 9.59 Å². The maximum absolute atomic E-state index is 12.2. The van der Waals surface area contributed by atoms with Crippen molar-refractivity contribution in [3.63, 3.8) is 0 Å². The molecule has 0 unspecified atom stereocenters. The Morgan fingerprint density at radius 1 is 1.04 bits per heavy atom. The van der Waals surface area contributed by atoms with Gasteiger partial charge in [0.25, 0.3) is 5.56 Å². The fourth-order valence-electron chi connectivity index (χ4n) is 3.80. The van der Waals surface area contributed by atoms with Crippen molar-refractivity contribution < 1.29 is 4.79 Å². The molecule has 1 heterocycles. The van der Waals surface area contributed by atoms with Crippen LogP contribution in [0.15, 0.2) is 53.3 Å². The van der Waals surface area contributed by atoms with Gasteiger partial charge < -0.3 is 10.3 Å². The van der Waals surface area contributed by atoms with Gasteiger partial charge in [0.05, 0.1) is 5.52 Å². The van der Waals surface area contributed by atoms with Gasteiger partial charge in [-0.1, -0.05) is 36.4 Å². The van der Waals surface area contributed by atoms with Gasteiger partial charge in [0, 0.05) is 23.1 Å². The molecule has 2 aromatic carbocycles. The normalized spacial score (nSPS) is 12.9. The lowest BCUT2D eigenvalue weighted by Gasteiger charge is -2.09. The molecule has 4 nitrogen and oxygen atoms in total. The third kappa shape index (κ3) is 3.40. The summed E-state index contributed by atoms with van der Waals surface area (Å²) in [5, 5.41) is 4.04. The first-order valence-corrected chi connectivity index (χ1v) is 9.22. The second-order valence-electron chi connectivity index (χ2n) is 6.91. The highest BCUT2D eigenvalue weighted by Crippen LogP contribution is 2.27. The van der Waals surface area contributed by atoms with E-state index in [2.05, 4.69) is 22.4 Å². The summed E-state index contributed by atoms with van der Waals surface area (Å²) in [6.45, 7) is 0. The number of hydrogen-bond acceptors (Lipinski definition) is 2. The molecule has 3 aromatic rings. The van der Waals surface area contributed by atoms with Crippen LogP contribution in [0.25, 0.3) is 10.9 Å². The van der Waals surface area contributed by atoms with E-state index in [4.69, 9.17) is 0 Å². The summed E-state index contributed by atoms with van der Waals surface area (Å²) in [6.07, 6.45) is 5.05. The molecule has 132 valence electrons. The number of carbonyl (C=O) groups excluding carboxylic acids is 1. The van der Waals surface area contributed by atoms with Gasteiger partial charge in [-0.25, -0.2) is 0 Å². The lowest BCUT2D eigenvalue weighted by atomic mass is 10.1. The van der Waals surface area contributed by atoms with Crippen LogP contribution < -0.4 is 10.9 Å². The third-order valence-electron chi connectivity index (χ3n) is 5.08. The van der Waals surface area contributed by atoms with E-state index in [0.29, 0.717) is 6.42 Å². The molecular weight excluding hydrogens is 324 g/mol. The van der Waals surface area contributed by atoms with Crippen LogP contribution in [0.1, 0.15) is 36.0 Å². The molecule has 4 heteroatoms. The van der Waals surface area contributed by atoms with Gasteiger partial charge in [0.2, 0.25) is 5.91 Å². The summed E-state index contributed by atoms with van der Waals surface area (Å²) in [5.41, 5.74) is 4.89. The number of benzene rings is 2. The van der Waals surface area contributed by atoms with Crippen molar-refractivity contribution in [1.29, 1.82) is 0 Å². The number of H-pyrrole nitrogens is 1. The molecule has 0 fully saturated rings. The molecule has 0 saturated carbocycles. The first kappa shape index (κ1) is 16.6. The van der Waals surface area contributed by atoms with E-state index in [-0.39, 0.29) is 11.5 Å². The fourth-order valence-corrected chi connectivity index (χ4v) is 3.80. The summed E-state index contributed by atoms with van der Waals surface area (Å²) >= 11 is 0. The fraction of sp³-hybridized carbons (Fsp3) is 0.273. The Kier molecular flexibility index (Phi) is 4.57. The van der Waals surface area contributed by atoms with Gasteiger partial charge in [-0.15, -0.1) is 0 Å². The second-order valence-corrected chi connectivity index (χ2v) is 6.91. The standard InChI is InChI=1S/C22H22N2O2/c25-21(11-4-8-15-6-2-1-3-7-15)23-16-12-13-18-17-9-5-10-19(17)22(26)24-20(18)14-16/h1-3,6-7,12-14H,4-5,8-11H2,(H,23,25)(H,24,26). The first-order valence-electron chi connectivity index (χ1n) is 9.22. The number of nitrogens with one attached hydrogen (secondary N) is 2. The van der Waals surface area contributed by atoms with Crippen LogP contribution in [0.3, 0.4) is 0 Å². The number of pyridine rings is 1. The highest BCUT2D eigenvalue weighted by molar-refractivity contribution is 5.94. The zero-order valence-electron chi connectivity index (χ0n) is 14.7. The van der Waals surface area contributed by atoms with E-state index >= 15 is 0 Å². The van der Waals surface area contributed by atoms with E-state index in [1.54, 1.807) is 0 Å². The van der Waals surface area contributed by atoms with Crippen molar-refractivity contribution in [2.75, 3.05) is 5.32 Å². The number of rotatable bonds is 5. The summed E-state index contributed by atoms with van der Waals surface area (Å²) in [4.78, 5) is 27.4. The SMILES string of the molecule is O=C(CCCc1ccccc1)Nc1ccc2c3c(c(=O)[nH]c2c1)CCC3. The number of aromatic amines is 1. The number of carbonyl (C=O) groups is 1. The van der Waals surface area contributed by atoms with Crippen LogP contribution in [0.4, 0.5) is 5.69 Å². The minimum atomic E-state index is 0.00351. The Labute approximate surface area is 152 Å². The van der Waals surface area contributed by atoms with E-state index in [9.17, 15) is 9.59 Å². The molecule has 0 bridgehead atoms. The predicted molar refractivity (Wildman–Crippen MR) is 105 cm³/mol. The molecule has 4 rings (SSSR count). The Morgan fingerprint density at radius 3 is 2.69 bits per heavy atom. The Balaban J connectivity index is 1.43. The van der Waals surface area contributed by atoms with Gasteiger partial charge in [-0.2, -0.15) is 0 Å². The Morgan fingerprint density at radius 2 is 1.85 bits per heavy atom. The summed E-state index contributed by atoms with van der Waals surface area (Å²) < 4.78 is 0. The van der Waals surface area contributed by atoms with Crippen LogP contribution in [0.5, 0.6) is 0 Å². The first-order chi connectivity index (χ1) is 12.7. The molecule has 1 aliphatic rings. The monoisotopic (exact) mass is 346 g/mol. The zero-order valence-corrected chi connectivity index (χ0v) is 14.7. The average molecular weight is 346 g/mol. The second kappa shape index (κ2) is 7.16. The highest BCUT2D eigenvalue weighted by Gasteiger charge is 2.18. The molecular formula is C22H22N2O2. The maximum Gasteiger partial charge on any atom is 0.251 e. The van der Waals surface area contributed by atoms with E-state index in [1.807, 2.05) is 36.4 Å². The molecule has 26 heavy (non-hydrogen) atoms. The molecule has 0 aliphatic heterocycles.